The summed E-state index contributed by atoms with van der Waals surface area (Å²) >= 11 is 0. The Bertz CT molecular complexity index is 781. The second kappa shape index (κ2) is 4.85. The van der Waals surface area contributed by atoms with E-state index in [0.717, 1.165) is 28.0 Å². The molecule has 0 amide bonds. The van der Waals surface area contributed by atoms with Gasteiger partial charge >= 0.3 is 0 Å². The van der Waals surface area contributed by atoms with Gasteiger partial charge in [-0.25, -0.2) is 0 Å². The largest absolute Gasteiger partial charge is 0.456 e. The maximum absolute atomic E-state index is 6.04. The molecule has 20 heavy (non-hydrogen) atoms. The Morgan fingerprint density at radius 1 is 0.950 bits per heavy atom. The molecule has 0 fully saturated rings. The van der Waals surface area contributed by atoms with Gasteiger partial charge in [0.15, 0.2) is 0 Å². The molecule has 0 aliphatic heterocycles. The van der Waals surface area contributed by atoms with Gasteiger partial charge in [-0.3, -0.25) is 4.98 Å². The number of nitrogen functional groups attached to an aromatic ring is 1. The van der Waals surface area contributed by atoms with Crippen molar-refractivity contribution in [1.29, 1.82) is 0 Å². The summed E-state index contributed by atoms with van der Waals surface area (Å²) in [7, 11) is 0. The van der Waals surface area contributed by atoms with Crippen LogP contribution < -0.4 is 10.5 Å². The molecule has 2 aromatic carbocycles. The lowest BCUT2D eigenvalue weighted by molar-refractivity contribution is 0.484. The van der Waals surface area contributed by atoms with Gasteiger partial charge in [0, 0.05) is 17.3 Å². The molecule has 0 spiro atoms. The van der Waals surface area contributed by atoms with Crippen molar-refractivity contribution < 1.29 is 4.74 Å². The molecule has 3 rings (SSSR count). The number of hydrogen-bond donors (Lipinski definition) is 1. The standard InChI is InChI=1S/C17H16N2O/c1-11-3-6-16(12(2)9-11)20-17-7-8-19-15-10-13(18)4-5-14(15)17/h3-10H,18H2,1-2H3. The van der Waals surface area contributed by atoms with E-state index in [1.807, 2.05) is 43.3 Å². The smallest absolute Gasteiger partial charge is 0.138 e. The van der Waals surface area contributed by atoms with E-state index in [1.54, 1.807) is 6.20 Å². The summed E-state index contributed by atoms with van der Waals surface area (Å²) in [5.74, 6) is 1.65. The summed E-state index contributed by atoms with van der Waals surface area (Å²) in [5, 5.41) is 0.960. The Hall–Kier alpha value is -2.55. The molecule has 0 radical (unpaired) electrons. The molecule has 0 saturated carbocycles. The second-order valence-electron chi connectivity index (χ2n) is 4.96. The summed E-state index contributed by atoms with van der Waals surface area (Å²) in [4.78, 5) is 4.32. The monoisotopic (exact) mass is 264 g/mol. The fraction of sp³-hybridized carbons (Fsp3) is 0.118. The molecule has 0 bridgehead atoms. The number of benzene rings is 2. The van der Waals surface area contributed by atoms with Crippen LogP contribution >= 0.6 is 0 Å². The molecule has 1 aromatic heterocycles. The fourth-order valence-corrected chi connectivity index (χ4v) is 2.26. The maximum Gasteiger partial charge on any atom is 0.138 e. The average molecular weight is 264 g/mol. The minimum absolute atomic E-state index is 0.702. The normalized spacial score (nSPS) is 10.7. The maximum atomic E-state index is 6.04. The minimum Gasteiger partial charge on any atom is -0.456 e. The first-order valence-electron chi connectivity index (χ1n) is 6.53. The highest BCUT2D eigenvalue weighted by molar-refractivity contribution is 5.87. The average Bonchev–Trinajstić information content (AvgIpc) is 2.41. The van der Waals surface area contributed by atoms with Gasteiger partial charge in [0.2, 0.25) is 0 Å². The van der Waals surface area contributed by atoms with E-state index in [4.69, 9.17) is 10.5 Å². The molecule has 2 N–H and O–H groups in total. The first kappa shape index (κ1) is 12.5. The lowest BCUT2D eigenvalue weighted by Gasteiger charge is -2.11. The summed E-state index contributed by atoms with van der Waals surface area (Å²) in [5.41, 5.74) is 9.67. The number of rotatable bonds is 2. The van der Waals surface area contributed by atoms with Crippen LogP contribution in [0.5, 0.6) is 11.5 Å². The van der Waals surface area contributed by atoms with Crippen molar-refractivity contribution in [3.05, 3.63) is 59.8 Å². The number of nitrogens with zero attached hydrogens (tertiary/aromatic N) is 1. The van der Waals surface area contributed by atoms with Crippen molar-refractivity contribution >= 4 is 16.6 Å². The predicted octanol–water partition coefficient (Wildman–Crippen LogP) is 4.23. The summed E-state index contributed by atoms with van der Waals surface area (Å²) < 4.78 is 6.04. The van der Waals surface area contributed by atoms with Crippen molar-refractivity contribution in [3.63, 3.8) is 0 Å². The lowest BCUT2D eigenvalue weighted by Crippen LogP contribution is -1.91. The van der Waals surface area contributed by atoms with E-state index in [9.17, 15) is 0 Å². The molecular formula is C17H16N2O. The molecular weight excluding hydrogens is 248 g/mol. The van der Waals surface area contributed by atoms with Crippen LogP contribution in [0.4, 0.5) is 5.69 Å². The SMILES string of the molecule is Cc1ccc(Oc2ccnc3cc(N)ccc23)c(C)c1. The molecule has 3 nitrogen and oxygen atoms in total. The zero-order valence-corrected chi connectivity index (χ0v) is 11.6. The number of fused-ring (bicyclic) bond motifs is 1. The number of pyridine rings is 1. The van der Waals surface area contributed by atoms with E-state index in [0.29, 0.717) is 5.69 Å². The number of aromatic nitrogens is 1. The molecule has 3 aromatic rings. The van der Waals surface area contributed by atoms with Crippen LogP contribution in [0.15, 0.2) is 48.7 Å². The predicted molar refractivity (Wildman–Crippen MR) is 82.1 cm³/mol. The van der Waals surface area contributed by atoms with E-state index in [-0.39, 0.29) is 0 Å². The van der Waals surface area contributed by atoms with Crippen molar-refractivity contribution in [3.8, 4) is 11.5 Å². The molecule has 0 aliphatic carbocycles. The van der Waals surface area contributed by atoms with Crippen molar-refractivity contribution in [2.75, 3.05) is 5.73 Å². The van der Waals surface area contributed by atoms with Crippen molar-refractivity contribution in [2.24, 2.45) is 0 Å². The van der Waals surface area contributed by atoms with E-state index < -0.39 is 0 Å². The molecule has 1 heterocycles. The first-order chi connectivity index (χ1) is 9.63. The molecule has 0 unspecified atom stereocenters. The van der Waals surface area contributed by atoms with Crippen LogP contribution in [-0.4, -0.2) is 4.98 Å². The third-order valence-electron chi connectivity index (χ3n) is 3.28. The Balaban J connectivity index is 2.06. The minimum atomic E-state index is 0.702. The lowest BCUT2D eigenvalue weighted by atomic mass is 10.1. The molecule has 0 saturated heterocycles. The zero-order valence-electron chi connectivity index (χ0n) is 11.6. The van der Waals surface area contributed by atoms with Crippen LogP contribution in [0.25, 0.3) is 10.9 Å². The summed E-state index contributed by atoms with van der Waals surface area (Å²) in [6.07, 6.45) is 1.74. The number of aryl methyl sites for hydroxylation is 2. The van der Waals surface area contributed by atoms with Gasteiger partial charge in [-0.15, -0.1) is 0 Å². The first-order valence-corrected chi connectivity index (χ1v) is 6.53. The summed E-state index contributed by atoms with van der Waals surface area (Å²) in [6.45, 7) is 4.12. The van der Waals surface area contributed by atoms with Crippen LogP contribution in [0.1, 0.15) is 11.1 Å². The van der Waals surface area contributed by atoms with E-state index >= 15 is 0 Å². The molecule has 0 aliphatic rings. The third-order valence-corrected chi connectivity index (χ3v) is 3.28. The van der Waals surface area contributed by atoms with E-state index in [1.165, 1.54) is 5.56 Å². The fourth-order valence-electron chi connectivity index (χ4n) is 2.26. The number of hydrogen-bond acceptors (Lipinski definition) is 3. The van der Waals surface area contributed by atoms with Crippen LogP contribution in [-0.2, 0) is 0 Å². The second-order valence-corrected chi connectivity index (χ2v) is 4.96. The quantitative estimate of drug-likeness (QED) is 0.705. The van der Waals surface area contributed by atoms with Gasteiger partial charge in [-0.2, -0.15) is 0 Å². The van der Waals surface area contributed by atoms with Crippen LogP contribution in [0.3, 0.4) is 0 Å². The third kappa shape index (κ3) is 2.30. The highest BCUT2D eigenvalue weighted by atomic mass is 16.5. The zero-order chi connectivity index (χ0) is 14.1. The topological polar surface area (TPSA) is 48.1 Å². The van der Waals surface area contributed by atoms with E-state index in [2.05, 4.69) is 18.0 Å². The Kier molecular flexibility index (Phi) is 3.03. The Labute approximate surface area is 118 Å². The highest BCUT2D eigenvalue weighted by Crippen LogP contribution is 2.31. The summed E-state index contributed by atoms with van der Waals surface area (Å²) in [6, 6.07) is 13.7. The number of nitrogens with two attached hydrogens (primary N) is 1. The van der Waals surface area contributed by atoms with Gasteiger partial charge in [-0.1, -0.05) is 17.7 Å². The molecule has 0 atom stereocenters. The molecule has 3 heteroatoms. The van der Waals surface area contributed by atoms with Crippen LogP contribution in [0, 0.1) is 13.8 Å². The van der Waals surface area contributed by atoms with Gasteiger partial charge in [0.05, 0.1) is 5.52 Å². The molecule has 100 valence electrons. The van der Waals surface area contributed by atoms with Crippen LogP contribution in [0.2, 0.25) is 0 Å². The number of anilines is 1. The van der Waals surface area contributed by atoms with Gasteiger partial charge in [0.1, 0.15) is 11.5 Å². The highest BCUT2D eigenvalue weighted by Gasteiger charge is 2.06. The van der Waals surface area contributed by atoms with Gasteiger partial charge in [0.25, 0.3) is 0 Å². The van der Waals surface area contributed by atoms with Crippen molar-refractivity contribution in [1.82, 2.24) is 4.98 Å². The van der Waals surface area contributed by atoms with Crippen molar-refractivity contribution in [2.45, 2.75) is 13.8 Å². The number of ether oxygens (including phenoxy) is 1. The van der Waals surface area contributed by atoms with Gasteiger partial charge < -0.3 is 10.5 Å². The van der Waals surface area contributed by atoms with Gasteiger partial charge in [-0.05, 0) is 49.7 Å². The Morgan fingerprint density at radius 2 is 1.80 bits per heavy atom. The Morgan fingerprint density at radius 3 is 2.60 bits per heavy atom.